The molecule has 1 heterocycles. The summed E-state index contributed by atoms with van der Waals surface area (Å²) in [4.78, 5) is 14.5. The van der Waals surface area contributed by atoms with E-state index in [4.69, 9.17) is 17.0 Å². The van der Waals surface area contributed by atoms with Crippen molar-refractivity contribution in [1.82, 2.24) is 4.90 Å². The van der Waals surface area contributed by atoms with E-state index in [1.165, 1.54) is 31.0 Å². The number of thiocarbonyl (C=S) groups is 1. The second-order valence-electron chi connectivity index (χ2n) is 5.75. The zero-order valence-corrected chi connectivity index (χ0v) is 15.4. The number of carbonyl (C=O) groups excluding carboxylic acids is 1. The van der Waals surface area contributed by atoms with E-state index in [1.807, 2.05) is 24.3 Å². The molecule has 0 atom stereocenters. The lowest BCUT2D eigenvalue weighted by atomic mass is 10.1. The number of piperidine rings is 1. The Morgan fingerprint density at radius 3 is 2.57 bits per heavy atom. The second-order valence-corrected chi connectivity index (χ2v) is 7.36. The van der Waals surface area contributed by atoms with Gasteiger partial charge in [-0.15, -0.1) is 0 Å². The van der Waals surface area contributed by atoms with Crippen LogP contribution in [0.5, 0.6) is 5.75 Å². The first kappa shape index (κ1) is 18.3. The highest BCUT2D eigenvalue weighted by Crippen LogP contribution is 2.18. The molecule has 126 valence electrons. The van der Waals surface area contributed by atoms with Crippen LogP contribution >= 0.6 is 24.0 Å². The molecule has 3 nitrogen and oxygen atoms in total. The molecule has 1 aromatic carbocycles. The van der Waals surface area contributed by atoms with Crippen molar-refractivity contribution in [2.45, 2.75) is 39.0 Å². The largest absolute Gasteiger partial charge is 0.494 e. The van der Waals surface area contributed by atoms with Crippen LogP contribution < -0.4 is 4.74 Å². The Morgan fingerprint density at radius 2 is 1.91 bits per heavy atom. The molecule has 0 aliphatic carbocycles. The van der Waals surface area contributed by atoms with Gasteiger partial charge >= 0.3 is 0 Å². The number of likely N-dealkylation sites (tertiary alicyclic amines) is 1. The Bertz CT molecular complexity index is 510. The molecule has 0 amide bonds. The molecule has 1 aliphatic heterocycles. The van der Waals surface area contributed by atoms with Gasteiger partial charge in [-0.25, -0.2) is 0 Å². The number of benzene rings is 1. The van der Waals surface area contributed by atoms with Gasteiger partial charge in [-0.1, -0.05) is 37.3 Å². The molecule has 0 bridgehead atoms. The third kappa shape index (κ3) is 6.15. The van der Waals surface area contributed by atoms with Crippen LogP contribution in [0.2, 0.25) is 0 Å². The molecule has 23 heavy (non-hydrogen) atoms. The molecule has 0 saturated carbocycles. The molecule has 1 aromatic rings. The SMILES string of the molecule is CCCCOc1ccc(C(=O)CSC(=S)N2CCCCC2)cc1. The summed E-state index contributed by atoms with van der Waals surface area (Å²) < 4.78 is 6.47. The van der Waals surface area contributed by atoms with Gasteiger partial charge in [0.25, 0.3) is 0 Å². The zero-order chi connectivity index (χ0) is 16.5. The number of carbonyl (C=O) groups is 1. The van der Waals surface area contributed by atoms with Gasteiger partial charge in [-0.3, -0.25) is 4.79 Å². The highest BCUT2D eigenvalue weighted by molar-refractivity contribution is 8.23. The highest BCUT2D eigenvalue weighted by Gasteiger charge is 2.15. The van der Waals surface area contributed by atoms with Gasteiger partial charge in [0.15, 0.2) is 5.78 Å². The maximum absolute atomic E-state index is 12.3. The summed E-state index contributed by atoms with van der Waals surface area (Å²) in [5, 5.41) is 0. The summed E-state index contributed by atoms with van der Waals surface area (Å²) in [5.74, 6) is 1.35. The van der Waals surface area contributed by atoms with Gasteiger partial charge in [0.05, 0.1) is 12.4 Å². The van der Waals surface area contributed by atoms with Gasteiger partial charge in [0, 0.05) is 18.7 Å². The minimum absolute atomic E-state index is 0.120. The van der Waals surface area contributed by atoms with Crippen LogP contribution in [0.15, 0.2) is 24.3 Å². The number of hydrogen-bond acceptors (Lipinski definition) is 4. The van der Waals surface area contributed by atoms with Gasteiger partial charge < -0.3 is 9.64 Å². The minimum atomic E-state index is 0.120. The molecule has 0 radical (unpaired) electrons. The van der Waals surface area contributed by atoms with E-state index < -0.39 is 0 Å². The van der Waals surface area contributed by atoms with Gasteiger partial charge in [0.1, 0.15) is 10.1 Å². The molecule has 0 unspecified atom stereocenters. The Kier molecular flexibility index (Phi) is 7.89. The maximum atomic E-state index is 12.3. The standard InChI is InChI=1S/C18H25NO2S2/c1-2-3-13-21-16-9-7-15(8-10-16)17(20)14-23-18(22)19-11-5-4-6-12-19/h7-10H,2-6,11-14H2,1H3. The fraction of sp³-hybridized carbons (Fsp3) is 0.556. The zero-order valence-electron chi connectivity index (χ0n) is 13.8. The number of thioether (sulfide) groups is 1. The molecule has 5 heteroatoms. The fourth-order valence-corrected chi connectivity index (χ4v) is 3.60. The Balaban J connectivity index is 1.77. The summed E-state index contributed by atoms with van der Waals surface area (Å²) in [6.45, 7) is 4.93. The Hall–Kier alpha value is -1.07. The van der Waals surface area contributed by atoms with E-state index in [0.717, 1.165) is 48.2 Å². The molecule has 0 N–H and O–H groups in total. The van der Waals surface area contributed by atoms with E-state index in [2.05, 4.69) is 11.8 Å². The van der Waals surface area contributed by atoms with Crippen molar-refractivity contribution in [1.29, 1.82) is 0 Å². The van der Waals surface area contributed by atoms with E-state index in [0.29, 0.717) is 5.75 Å². The first-order valence-electron chi connectivity index (χ1n) is 8.38. The average molecular weight is 352 g/mol. The number of Topliss-reactive ketones (excluding diaryl/α,β-unsaturated/α-hetero) is 1. The number of unbranched alkanes of at least 4 members (excludes halogenated alkanes) is 1. The summed E-state index contributed by atoms with van der Waals surface area (Å²) in [6, 6.07) is 7.43. The average Bonchev–Trinajstić information content (AvgIpc) is 2.61. The quantitative estimate of drug-likeness (QED) is 0.408. The third-order valence-electron chi connectivity index (χ3n) is 3.88. The van der Waals surface area contributed by atoms with Crippen molar-refractivity contribution >= 4 is 34.1 Å². The van der Waals surface area contributed by atoms with Crippen molar-refractivity contribution in [3.05, 3.63) is 29.8 Å². The number of ether oxygens (including phenoxy) is 1. The number of rotatable bonds is 7. The summed E-state index contributed by atoms with van der Waals surface area (Å²) in [6.07, 6.45) is 5.85. The van der Waals surface area contributed by atoms with Crippen LogP contribution in [-0.2, 0) is 0 Å². The van der Waals surface area contributed by atoms with Crippen molar-refractivity contribution in [3.8, 4) is 5.75 Å². The van der Waals surface area contributed by atoms with Crippen LogP contribution in [0, 0.1) is 0 Å². The van der Waals surface area contributed by atoms with Crippen molar-refractivity contribution in [2.75, 3.05) is 25.4 Å². The van der Waals surface area contributed by atoms with E-state index in [-0.39, 0.29) is 5.78 Å². The monoisotopic (exact) mass is 351 g/mol. The van der Waals surface area contributed by atoms with E-state index in [9.17, 15) is 4.79 Å². The van der Waals surface area contributed by atoms with Crippen LogP contribution in [-0.4, -0.2) is 40.5 Å². The minimum Gasteiger partial charge on any atom is -0.494 e. The summed E-state index contributed by atoms with van der Waals surface area (Å²) in [7, 11) is 0. The molecule has 0 spiro atoms. The predicted octanol–water partition coefficient (Wildman–Crippen LogP) is 4.55. The number of nitrogens with zero attached hydrogens (tertiary/aromatic N) is 1. The van der Waals surface area contributed by atoms with Crippen molar-refractivity contribution in [2.24, 2.45) is 0 Å². The molecule has 1 aliphatic rings. The van der Waals surface area contributed by atoms with E-state index >= 15 is 0 Å². The smallest absolute Gasteiger partial charge is 0.173 e. The maximum Gasteiger partial charge on any atom is 0.173 e. The number of ketones is 1. The highest BCUT2D eigenvalue weighted by atomic mass is 32.2. The van der Waals surface area contributed by atoms with Gasteiger partial charge in [-0.2, -0.15) is 0 Å². The van der Waals surface area contributed by atoms with E-state index in [1.54, 1.807) is 0 Å². The second kappa shape index (κ2) is 9.93. The van der Waals surface area contributed by atoms with Crippen LogP contribution in [0.3, 0.4) is 0 Å². The molecule has 0 aromatic heterocycles. The Morgan fingerprint density at radius 1 is 1.22 bits per heavy atom. The van der Waals surface area contributed by atoms with Crippen molar-refractivity contribution < 1.29 is 9.53 Å². The fourth-order valence-electron chi connectivity index (χ4n) is 2.45. The first-order chi connectivity index (χ1) is 11.2. The first-order valence-corrected chi connectivity index (χ1v) is 9.78. The predicted molar refractivity (Wildman–Crippen MR) is 102 cm³/mol. The third-order valence-corrected chi connectivity index (χ3v) is 5.41. The lowest BCUT2D eigenvalue weighted by Crippen LogP contribution is -2.33. The summed E-state index contributed by atoms with van der Waals surface area (Å²) >= 11 is 6.92. The van der Waals surface area contributed by atoms with Gasteiger partial charge in [-0.05, 0) is 49.9 Å². The number of hydrogen-bond donors (Lipinski definition) is 0. The van der Waals surface area contributed by atoms with Gasteiger partial charge in [0.2, 0.25) is 0 Å². The molecule has 1 fully saturated rings. The lowest BCUT2D eigenvalue weighted by Gasteiger charge is -2.28. The van der Waals surface area contributed by atoms with Crippen LogP contribution in [0.4, 0.5) is 0 Å². The molecule has 1 saturated heterocycles. The van der Waals surface area contributed by atoms with Crippen LogP contribution in [0.1, 0.15) is 49.4 Å². The molecule has 2 rings (SSSR count). The summed E-state index contributed by atoms with van der Waals surface area (Å²) in [5.41, 5.74) is 0.724. The van der Waals surface area contributed by atoms with Crippen LogP contribution in [0.25, 0.3) is 0 Å². The normalized spacial score (nSPS) is 14.6. The molecular weight excluding hydrogens is 326 g/mol. The topological polar surface area (TPSA) is 29.5 Å². The Labute approximate surface area is 148 Å². The van der Waals surface area contributed by atoms with Crippen molar-refractivity contribution in [3.63, 3.8) is 0 Å². The molecular formula is C18H25NO2S2. The lowest BCUT2D eigenvalue weighted by molar-refractivity contribution is 0.102.